The second-order valence-corrected chi connectivity index (χ2v) is 6.55. The molecule has 0 atom stereocenters. The Balaban J connectivity index is 0.000000512. The summed E-state index contributed by atoms with van der Waals surface area (Å²) in [5, 5.41) is 3.11. The number of nitrogens with two attached hydrogens (primary N) is 1. The van der Waals surface area contributed by atoms with Gasteiger partial charge in [0.2, 0.25) is 0 Å². The number of ether oxygens (including phenoxy) is 1. The van der Waals surface area contributed by atoms with Gasteiger partial charge in [-0.1, -0.05) is 48.6 Å². The van der Waals surface area contributed by atoms with Gasteiger partial charge in [0, 0.05) is 24.7 Å². The molecule has 31 heavy (non-hydrogen) atoms. The van der Waals surface area contributed by atoms with E-state index in [-0.39, 0.29) is 0 Å². The molecule has 0 aromatic heterocycles. The van der Waals surface area contributed by atoms with Crippen LogP contribution in [0.2, 0.25) is 0 Å². The van der Waals surface area contributed by atoms with Crippen LogP contribution in [0, 0.1) is 0 Å². The first-order chi connectivity index (χ1) is 15.1. The van der Waals surface area contributed by atoms with Crippen molar-refractivity contribution in [3.8, 4) is 5.75 Å². The summed E-state index contributed by atoms with van der Waals surface area (Å²) in [6.45, 7) is 6.23. The summed E-state index contributed by atoms with van der Waals surface area (Å²) in [5.74, 6) is 0.818. The van der Waals surface area contributed by atoms with Gasteiger partial charge in [-0.2, -0.15) is 0 Å². The number of hydrogen-bond donors (Lipinski definition) is 2. The predicted octanol–water partition coefficient (Wildman–Crippen LogP) is 5.41. The quantitative estimate of drug-likeness (QED) is 0.187. The van der Waals surface area contributed by atoms with Crippen LogP contribution in [0.5, 0.6) is 5.75 Å². The maximum Gasteiger partial charge on any atom is 0.145 e. The average molecular weight is 420 g/mol. The first-order valence-electron chi connectivity index (χ1n) is 10.2. The third-order valence-corrected chi connectivity index (χ3v) is 4.28. The zero-order valence-corrected chi connectivity index (χ0v) is 18.8. The monoisotopic (exact) mass is 419 g/mol. The Kier molecular flexibility index (Phi) is 12.5. The van der Waals surface area contributed by atoms with Crippen LogP contribution in [0.25, 0.3) is 5.70 Å². The van der Waals surface area contributed by atoms with Crippen molar-refractivity contribution in [1.29, 1.82) is 0 Å². The Labute approximate surface area is 186 Å². The van der Waals surface area contributed by atoms with E-state index in [0.717, 1.165) is 41.0 Å². The van der Waals surface area contributed by atoms with Crippen molar-refractivity contribution < 1.29 is 9.53 Å². The van der Waals surface area contributed by atoms with Gasteiger partial charge in [-0.15, -0.1) is 0 Å². The van der Waals surface area contributed by atoms with Crippen LogP contribution in [0.15, 0.2) is 83.4 Å². The highest BCUT2D eigenvalue weighted by atomic mass is 16.5. The standard InChI is InChI=1S/C19H23N3O.C7H10O/c1-3-18(22-14-20)17-6-4-5-7-19(17)23-13-12-15-8-10-16(21-2)11-9-15;1-3-4-5-7(2)6-8/h3-11,14,21H,12-13H2,1-2H3,(H2,20,22);3-6H,1-2H3/b18-3-;4-3-,7-5+. The Morgan fingerprint density at radius 2 is 1.84 bits per heavy atom. The zero-order chi connectivity index (χ0) is 22.9. The number of hydrogen-bond acceptors (Lipinski definition) is 4. The number of para-hydroxylation sites is 1. The fourth-order valence-corrected chi connectivity index (χ4v) is 2.59. The second-order valence-electron chi connectivity index (χ2n) is 6.55. The highest BCUT2D eigenvalue weighted by Gasteiger charge is 2.07. The number of nitrogens with one attached hydrogen (secondary N) is 1. The number of benzene rings is 2. The van der Waals surface area contributed by atoms with Gasteiger partial charge in [-0.25, -0.2) is 4.99 Å². The summed E-state index contributed by atoms with van der Waals surface area (Å²) < 4.78 is 5.96. The van der Waals surface area contributed by atoms with E-state index in [2.05, 4.69) is 34.6 Å². The molecule has 5 nitrogen and oxygen atoms in total. The fraction of sp³-hybridized carbons (Fsp3) is 0.231. The third-order valence-electron chi connectivity index (χ3n) is 4.28. The number of aldehydes is 1. The van der Waals surface area contributed by atoms with Crippen molar-refractivity contribution in [1.82, 2.24) is 0 Å². The molecule has 0 aliphatic rings. The van der Waals surface area contributed by atoms with Crippen molar-refractivity contribution in [2.24, 2.45) is 10.7 Å². The predicted molar refractivity (Wildman–Crippen MR) is 133 cm³/mol. The van der Waals surface area contributed by atoms with Gasteiger partial charge in [-0.3, -0.25) is 4.79 Å². The lowest BCUT2D eigenvalue weighted by molar-refractivity contribution is -0.104. The minimum absolute atomic E-state index is 0.610. The molecule has 0 spiro atoms. The highest BCUT2D eigenvalue weighted by molar-refractivity contribution is 5.75. The summed E-state index contributed by atoms with van der Waals surface area (Å²) in [6.07, 6.45) is 10.4. The van der Waals surface area contributed by atoms with Crippen LogP contribution in [0.1, 0.15) is 31.9 Å². The van der Waals surface area contributed by atoms with Gasteiger partial charge in [0.1, 0.15) is 12.0 Å². The van der Waals surface area contributed by atoms with E-state index in [9.17, 15) is 4.79 Å². The van der Waals surface area contributed by atoms with Crippen molar-refractivity contribution in [2.45, 2.75) is 27.2 Å². The van der Waals surface area contributed by atoms with E-state index in [1.807, 2.05) is 63.4 Å². The Morgan fingerprint density at radius 3 is 2.42 bits per heavy atom. The molecule has 0 aliphatic carbocycles. The molecule has 5 heteroatoms. The SMILES string of the molecule is C/C=C(\N=CN)c1ccccc1OCCc1ccc(NC)cc1.C/C=C\C=C(/C)C=O. The van der Waals surface area contributed by atoms with Crippen molar-refractivity contribution in [3.63, 3.8) is 0 Å². The second kappa shape index (κ2) is 15.3. The largest absolute Gasteiger partial charge is 0.493 e. The minimum atomic E-state index is 0.610. The smallest absolute Gasteiger partial charge is 0.145 e. The van der Waals surface area contributed by atoms with E-state index in [1.54, 1.807) is 13.0 Å². The number of carbonyl (C=O) groups excluding carboxylic acids is 1. The topological polar surface area (TPSA) is 76.7 Å². The molecule has 0 fully saturated rings. The van der Waals surface area contributed by atoms with Gasteiger partial charge in [0.25, 0.3) is 0 Å². The number of anilines is 1. The number of rotatable bonds is 9. The maximum absolute atomic E-state index is 9.91. The maximum atomic E-state index is 9.91. The molecule has 0 unspecified atom stereocenters. The first kappa shape index (κ1) is 25.4. The molecule has 0 amide bonds. The molecule has 0 radical (unpaired) electrons. The molecule has 0 saturated heterocycles. The summed E-state index contributed by atoms with van der Waals surface area (Å²) in [4.78, 5) is 14.1. The molecule has 3 N–H and O–H groups in total. The van der Waals surface area contributed by atoms with E-state index in [4.69, 9.17) is 10.5 Å². The lowest BCUT2D eigenvalue weighted by atomic mass is 10.1. The lowest BCUT2D eigenvalue weighted by Crippen LogP contribution is -2.03. The molecular formula is C26H33N3O2. The van der Waals surface area contributed by atoms with E-state index < -0.39 is 0 Å². The fourth-order valence-electron chi connectivity index (χ4n) is 2.59. The van der Waals surface area contributed by atoms with Crippen LogP contribution in [0.3, 0.4) is 0 Å². The summed E-state index contributed by atoms with van der Waals surface area (Å²) in [6, 6.07) is 16.2. The van der Waals surface area contributed by atoms with Crippen LogP contribution in [-0.4, -0.2) is 26.3 Å². The van der Waals surface area contributed by atoms with Crippen LogP contribution in [-0.2, 0) is 11.2 Å². The highest BCUT2D eigenvalue weighted by Crippen LogP contribution is 2.26. The number of aliphatic imine (C=N–C) groups is 1. The summed E-state index contributed by atoms with van der Waals surface area (Å²) in [7, 11) is 1.91. The van der Waals surface area contributed by atoms with Crippen molar-refractivity contribution in [3.05, 3.63) is 89.5 Å². The van der Waals surface area contributed by atoms with Gasteiger partial charge >= 0.3 is 0 Å². The van der Waals surface area contributed by atoms with Gasteiger partial charge in [0.05, 0.1) is 18.6 Å². The molecule has 0 saturated carbocycles. The van der Waals surface area contributed by atoms with E-state index >= 15 is 0 Å². The van der Waals surface area contributed by atoms with Crippen LogP contribution >= 0.6 is 0 Å². The minimum Gasteiger partial charge on any atom is -0.493 e. The third kappa shape index (κ3) is 9.63. The Bertz CT molecular complexity index is 911. The number of nitrogens with zero attached hydrogens (tertiary/aromatic N) is 1. The molecule has 2 aromatic carbocycles. The van der Waals surface area contributed by atoms with E-state index in [1.165, 1.54) is 11.9 Å². The first-order valence-corrected chi connectivity index (χ1v) is 10.2. The summed E-state index contributed by atoms with van der Waals surface area (Å²) >= 11 is 0. The molecule has 164 valence electrons. The van der Waals surface area contributed by atoms with Crippen LogP contribution < -0.4 is 15.8 Å². The zero-order valence-electron chi connectivity index (χ0n) is 18.8. The van der Waals surface area contributed by atoms with E-state index in [0.29, 0.717) is 6.61 Å². The van der Waals surface area contributed by atoms with Gasteiger partial charge in [-0.05, 0) is 56.2 Å². The van der Waals surface area contributed by atoms with Crippen LogP contribution in [0.4, 0.5) is 5.69 Å². The average Bonchev–Trinajstić information content (AvgIpc) is 2.82. The molecule has 0 aliphatic heterocycles. The number of carbonyl (C=O) groups is 1. The molecule has 2 rings (SSSR count). The van der Waals surface area contributed by atoms with Gasteiger partial charge in [0.15, 0.2) is 0 Å². The van der Waals surface area contributed by atoms with Gasteiger partial charge < -0.3 is 15.8 Å². The molecular weight excluding hydrogens is 386 g/mol. The van der Waals surface area contributed by atoms with Crippen molar-refractivity contribution in [2.75, 3.05) is 19.0 Å². The Hall–Kier alpha value is -3.60. The summed E-state index contributed by atoms with van der Waals surface area (Å²) in [5.41, 5.74) is 10.3. The molecule has 0 bridgehead atoms. The van der Waals surface area contributed by atoms with Crippen molar-refractivity contribution >= 4 is 24.0 Å². The molecule has 2 aromatic rings. The lowest BCUT2D eigenvalue weighted by Gasteiger charge is -2.12. The normalized spacial score (nSPS) is 11.9. The molecule has 0 heterocycles. The number of allylic oxidation sites excluding steroid dienone is 5. The Morgan fingerprint density at radius 1 is 1.13 bits per heavy atom.